The van der Waals surface area contributed by atoms with Gasteiger partial charge in [-0.05, 0) is 30.5 Å². The van der Waals surface area contributed by atoms with Crippen LogP contribution >= 0.6 is 11.8 Å². The Kier molecular flexibility index (Phi) is 5.11. The normalized spacial score (nSPS) is 16.9. The zero-order valence-electron chi connectivity index (χ0n) is 13.8. The Balaban J connectivity index is 1.78. The van der Waals surface area contributed by atoms with Gasteiger partial charge in [-0.25, -0.2) is 0 Å². The number of nitrogens with zero attached hydrogens (tertiary/aromatic N) is 3. The number of amides is 1. The third kappa shape index (κ3) is 3.57. The van der Waals surface area contributed by atoms with Crippen LogP contribution in [-0.4, -0.2) is 34.0 Å². The molecule has 4 nitrogen and oxygen atoms in total. The van der Waals surface area contributed by atoms with Crippen LogP contribution in [-0.2, 0) is 4.79 Å². The average molecular weight is 337 g/mol. The lowest BCUT2D eigenvalue weighted by Crippen LogP contribution is -2.28. The standard InChI is InChI=1S/C19H19N3OS/c1-3-22-18(23)13-24-19(22)21-20-14(2)15-9-11-17(12-10-15)16-7-5-4-6-8-16/h4-12H,3,13H2,1-2H3/b20-14+,21-19+. The summed E-state index contributed by atoms with van der Waals surface area (Å²) in [5.74, 6) is 0.550. The molecule has 0 aliphatic carbocycles. The molecule has 1 saturated heterocycles. The fourth-order valence-electron chi connectivity index (χ4n) is 2.49. The van der Waals surface area contributed by atoms with E-state index in [0.29, 0.717) is 17.5 Å². The predicted molar refractivity (Wildman–Crippen MR) is 101 cm³/mol. The molecule has 24 heavy (non-hydrogen) atoms. The van der Waals surface area contributed by atoms with E-state index in [-0.39, 0.29) is 5.91 Å². The van der Waals surface area contributed by atoms with Crippen molar-refractivity contribution in [2.45, 2.75) is 13.8 Å². The number of amidine groups is 1. The van der Waals surface area contributed by atoms with Gasteiger partial charge in [0.15, 0.2) is 5.17 Å². The van der Waals surface area contributed by atoms with Gasteiger partial charge in [-0.15, -0.1) is 5.10 Å². The fourth-order valence-corrected chi connectivity index (χ4v) is 3.39. The van der Waals surface area contributed by atoms with Crippen LogP contribution in [0.5, 0.6) is 0 Å². The summed E-state index contributed by atoms with van der Waals surface area (Å²) in [6.45, 7) is 4.50. The summed E-state index contributed by atoms with van der Waals surface area (Å²) >= 11 is 1.44. The first kappa shape index (κ1) is 16.5. The zero-order chi connectivity index (χ0) is 16.9. The first-order chi connectivity index (χ1) is 11.7. The van der Waals surface area contributed by atoms with Crippen molar-refractivity contribution < 1.29 is 4.79 Å². The molecular weight excluding hydrogens is 318 g/mol. The highest BCUT2D eigenvalue weighted by atomic mass is 32.2. The summed E-state index contributed by atoms with van der Waals surface area (Å²) in [4.78, 5) is 13.3. The minimum atomic E-state index is 0.0984. The number of hydrogen-bond donors (Lipinski definition) is 0. The Labute approximate surface area is 146 Å². The second kappa shape index (κ2) is 7.45. The van der Waals surface area contributed by atoms with Crippen molar-refractivity contribution in [1.82, 2.24) is 4.90 Å². The summed E-state index contributed by atoms with van der Waals surface area (Å²) in [7, 11) is 0. The highest BCUT2D eigenvalue weighted by molar-refractivity contribution is 8.15. The molecule has 0 saturated carbocycles. The Morgan fingerprint density at radius 3 is 2.42 bits per heavy atom. The minimum Gasteiger partial charge on any atom is -0.289 e. The second-order valence-corrected chi connectivity index (χ2v) is 6.38. The molecule has 0 bridgehead atoms. The lowest BCUT2D eigenvalue weighted by Gasteiger charge is -2.11. The summed E-state index contributed by atoms with van der Waals surface area (Å²) in [6, 6.07) is 18.5. The van der Waals surface area contributed by atoms with Gasteiger partial charge in [0.05, 0.1) is 11.5 Å². The minimum absolute atomic E-state index is 0.0984. The molecule has 122 valence electrons. The number of hydrogen-bond acceptors (Lipinski definition) is 4. The van der Waals surface area contributed by atoms with E-state index in [1.807, 2.05) is 44.2 Å². The Hall–Kier alpha value is -2.40. The molecule has 1 fully saturated rings. The molecule has 1 aliphatic heterocycles. The average Bonchev–Trinajstić information content (AvgIpc) is 3.00. The lowest BCUT2D eigenvalue weighted by atomic mass is 10.0. The molecule has 0 unspecified atom stereocenters. The van der Waals surface area contributed by atoms with E-state index >= 15 is 0 Å². The van der Waals surface area contributed by atoms with Crippen molar-refractivity contribution in [1.29, 1.82) is 0 Å². The van der Waals surface area contributed by atoms with Crippen molar-refractivity contribution in [2.75, 3.05) is 12.3 Å². The molecule has 5 heteroatoms. The van der Waals surface area contributed by atoms with Gasteiger partial charge in [-0.3, -0.25) is 9.69 Å². The molecule has 0 atom stereocenters. The molecule has 3 rings (SSSR count). The van der Waals surface area contributed by atoms with E-state index in [2.05, 4.69) is 34.5 Å². The fraction of sp³-hybridized carbons (Fsp3) is 0.211. The molecule has 0 radical (unpaired) electrons. The molecular formula is C19H19N3OS. The van der Waals surface area contributed by atoms with E-state index in [0.717, 1.165) is 11.3 Å². The maximum absolute atomic E-state index is 11.7. The zero-order valence-corrected chi connectivity index (χ0v) is 14.6. The summed E-state index contributed by atoms with van der Waals surface area (Å²) in [5.41, 5.74) is 4.22. The van der Waals surface area contributed by atoms with Crippen LogP contribution < -0.4 is 0 Å². The van der Waals surface area contributed by atoms with Gasteiger partial charge in [-0.1, -0.05) is 66.4 Å². The summed E-state index contributed by atoms with van der Waals surface area (Å²) < 4.78 is 0. The summed E-state index contributed by atoms with van der Waals surface area (Å²) in [5, 5.41) is 9.24. The van der Waals surface area contributed by atoms with Crippen molar-refractivity contribution >= 4 is 28.5 Å². The third-order valence-corrected chi connectivity index (χ3v) is 4.82. The van der Waals surface area contributed by atoms with Crippen LogP contribution in [0.15, 0.2) is 64.8 Å². The van der Waals surface area contributed by atoms with E-state index in [1.165, 1.54) is 22.9 Å². The van der Waals surface area contributed by atoms with Crippen molar-refractivity contribution in [2.24, 2.45) is 10.2 Å². The number of carbonyl (C=O) groups is 1. The van der Waals surface area contributed by atoms with Crippen LogP contribution in [0.1, 0.15) is 19.4 Å². The third-order valence-electron chi connectivity index (χ3n) is 3.87. The van der Waals surface area contributed by atoms with Gasteiger partial charge >= 0.3 is 0 Å². The number of carbonyl (C=O) groups excluding carboxylic acids is 1. The molecule has 0 aromatic heterocycles. The van der Waals surface area contributed by atoms with Crippen LogP contribution in [0.25, 0.3) is 11.1 Å². The number of thioether (sulfide) groups is 1. The predicted octanol–water partition coefficient (Wildman–Crippen LogP) is 4.03. The number of benzene rings is 2. The van der Waals surface area contributed by atoms with E-state index in [9.17, 15) is 4.79 Å². The highest BCUT2D eigenvalue weighted by Gasteiger charge is 2.26. The molecule has 1 aliphatic rings. The van der Waals surface area contributed by atoms with E-state index in [1.54, 1.807) is 4.90 Å². The maximum Gasteiger partial charge on any atom is 0.239 e. The van der Waals surface area contributed by atoms with Crippen molar-refractivity contribution in [3.63, 3.8) is 0 Å². The number of rotatable bonds is 4. The summed E-state index contributed by atoms with van der Waals surface area (Å²) in [6.07, 6.45) is 0. The van der Waals surface area contributed by atoms with Crippen LogP contribution in [0.2, 0.25) is 0 Å². The van der Waals surface area contributed by atoms with Gasteiger partial charge < -0.3 is 0 Å². The largest absolute Gasteiger partial charge is 0.289 e. The van der Waals surface area contributed by atoms with E-state index < -0.39 is 0 Å². The Bertz CT molecular complexity index is 782. The lowest BCUT2D eigenvalue weighted by molar-refractivity contribution is -0.123. The van der Waals surface area contributed by atoms with Gasteiger partial charge in [0.25, 0.3) is 0 Å². The monoisotopic (exact) mass is 337 g/mol. The second-order valence-electron chi connectivity index (χ2n) is 5.44. The highest BCUT2D eigenvalue weighted by Crippen LogP contribution is 2.21. The Morgan fingerprint density at radius 2 is 1.75 bits per heavy atom. The van der Waals surface area contributed by atoms with Crippen molar-refractivity contribution in [3.05, 3.63) is 60.2 Å². The van der Waals surface area contributed by atoms with Gasteiger partial charge in [0.2, 0.25) is 5.91 Å². The van der Waals surface area contributed by atoms with Crippen LogP contribution in [0.3, 0.4) is 0 Å². The maximum atomic E-state index is 11.7. The molecule has 1 amide bonds. The van der Waals surface area contributed by atoms with Gasteiger partial charge in [0.1, 0.15) is 0 Å². The molecule has 0 spiro atoms. The smallest absolute Gasteiger partial charge is 0.239 e. The van der Waals surface area contributed by atoms with Crippen LogP contribution in [0.4, 0.5) is 0 Å². The molecule has 1 heterocycles. The van der Waals surface area contributed by atoms with Crippen LogP contribution in [0, 0.1) is 0 Å². The quantitative estimate of drug-likeness (QED) is 0.624. The molecule has 2 aromatic rings. The first-order valence-electron chi connectivity index (χ1n) is 7.90. The van der Waals surface area contributed by atoms with Gasteiger partial charge in [-0.2, -0.15) is 5.10 Å². The van der Waals surface area contributed by atoms with Gasteiger partial charge in [0, 0.05) is 6.54 Å². The van der Waals surface area contributed by atoms with Crippen molar-refractivity contribution in [3.8, 4) is 11.1 Å². The topological polar surface area (TPSA) is 45.0 Å². The van der Waals surface area contributed by atoms with E-state index in [4.69, 9.17) is 0 Å². The first-order valence-corrected chi connectivity index (χ1v) is 8.89. The Morgan fingerprint density at radius 1 is 1.08 bits per heavy atom. The SMILES string of the molecule is CCN1C(=O)CS/C1=N/N=C(\C)c1ccc(-c2ccccc2)cc1. The molecule has 2 aromatic carbocycles. The molecule has 0 N–H and O–H groups in total.